The fourth-order valence-electron chi connectivity index (χ4n) is 3.69. The second-order valence-electron chi connectivity index (χ2n) is 8.13. The van der Waals surface area contributed by atoms with E-state index < -0.39 is 5.54 Å². The maximum Gasteiger partial charge on any atom is 0.258 e. The van der Waals surface area contributed by atoms with Gasteiger partial charge in [-0.15, -0.1) is 0 Å². The maximum atomic E-state index is 12.7. The minimum atomic E-state index is -0.666. The molecule has 0 aliphatic carbocycles. The second kappa shape index (κ2) is 7.38. The molecular formula is C23H20N6O2S. The fourth-order valence-corrected chi connectivity index (χ4v) is 4.60. The lowest BCUT2D eigenvalue weighted by atomic mass is 9.92. The maximum absolute atomic E-state index is 12.7. The Morgan fingerprint density at radius 1 is 1.22 bits per heavy atom. The van der Waals surface area contributed by atoms with Gasteiger partial charge in [-0.1, -0.05) is 29.5 Å². The molecule has 0 bridgehead atoms. The molecular weight excluding hydrogens is 424 g/mol. The summed E-state index contributed by atoms with van der Waals surface area (Å²) in [6.45, 7) is 3.86. The lowest BCUT2D eigenvalue weighted by Gasteiger charge is -2.27. The van der Waals surface area contributed by atoms with E-state index in [2.05, 4.69) is 15.3 Å². The van der Waals surface area contributed by atoms with E-state index in [1.165, 1.54) is 23.7 Å². The lowest BCUT2D eigenvalue weighted by Crippen LogP contribution is -2.41. The first-order valence-corrected chi connectivity index (χ1v) is 10.8. The van der Waals surface area contributed by atoms with Crippen LogP contribution in [0.15, 0.2) is 61.3 Å². The largest absolute Gasteiger partial charge is 0.619 e. The van der Waals surface area contributed by atoms with Crippen molar-refractivity contribution in [3.63, 3.8) is 0 Å². The van der Waals surface area contributed by atoms with Crippen molar-refractivity contribution < 1.29 is 9.52 Å². The monoisotopic (exact) mass is 444 g/mol. The number of carbonyl (C=O) groups is 1. The molecule has 4 aromatic heterocycles. The summed E-state index contributed by atoms with van der Waals surface area (Å²) in [6.07, 6.45) is 6.13. The summed E-state index contributed by atoms with van der Waals surface area (Å²) in [5.74, 6) is -0.312. The van der Waals surface area contributed by atoms with Crippen molar-refractivity contribution in [2.24, 2.45) is 7.05 Å². The summed E-state index contributed by atoms with van der Waals surface area (Å²) < 4.78 is 2.57. The van der Waals surface area contributed by atoms with E-state index in [9.17, 15) is 10.0 Å². The molecule has 0 aliphatic heterocycles. The number of benzene rings is 1. The number of aromatic nitrogens is 5. The Hall–Kier alpha value is -3.85. The van der Waals surface area contributed by atoms with Crippen molar-refractivity contribution in [1.82, 2.24) is 24.8 Å². The number of nitrogens with zero attached hydrogens (tertiary/aromatic N) is 5. The Morgan fingerprint density at radius 2 is 2.06 bits per heavy atom. The van der Waals surface area contributed by atoms with Gasteiger partial charge in [0.25, 0.3) is 5.91 Å². The smallest absolute Gasteiger partial charge is 0.258 e. The van der Waals surface area contributed by atoms with Gasteiger partial charge < -0.3 is 15.1 Å². The summed E-state index contributed by atoms with van der Waals surface area (Å²) in [6, 6.07) is 11.1. The molecule has 0 atom stereocenters. The van der Waals surface area contributed by atoms with Crippen molar-refractivity contribution in [3.05, 3.63) is 77.7 Å². The van der Waals surface area contributed by atoms with Gasteiger partial charge in [-0.2, -0.15) is 4.73 Å². The van der Waals surface area contributed by atoms with Gasteiger partial charge in [0.1, 0.15) is 26.4 Å². The first kappa shape index (κ1) is 20.1. The van der Waals surface area contributed by atoms with Crippen LogP contribution in [0.3, 0.4) is 0 Å². The molecule has 8 nitrogen and oxygen atoms in total. The molecule has 0 unspecified atom stereocenters. The summed E-state index contributed by atoms with van der Waals surface area (Å²) in [5, 5.41) is 15.4. The fraction of sp³-hybridized carbons (Fsp3) is 0.174. The molecule has 0 aliphatic rings. The highest BCUT2D eigenvalue weighted by molar-refractivity contribution is 7.21. The number of thiazole rings is 1. The Kier molecular flexibility index (Phi) is 4.63. The van der Waals surface area contributed by atoms with Crippen LogP contribution in [0.1, 0.15) is 29.8 Å². The van der Waals surface area contributed by atoms with E-state index in [1.807, 2.05) is 49.7 Å². The van der Waals surface area contributed by atoms with Crippen molar-refractivity contribution in [2.75, 3.05) is 0 Å². The number of nitrogens with one attached hydrogen (secondary N) is 1. The molecule has 0 radical (unpaired) electrons. The van der Waals surface area contributed by atoms with Crippen LogP contribution in [0.25, 0.3) is 32.0 Å². The van der Waals surface area contributed by atoms with Gasteiger partial charge in [0, 0.05) is 18.7 Å². The molecule has 1 aromatic carbocycles. The first-order valence-electron chi connectivity index (χ1n) is 10.0. The average Bonchev–Trinajstić information content (AvgIpc) is 3.37. The summed E-state index contributed by atoms with van der Waals surface area (Å²) >= 11 is 1.52. The molecule has 5 rings (SSSR count). The van der Waals surface area contributed by atoms with Crippen LogP contribution >= 0.6 is 11.3 Å². The predicted molar refractivity (Wildman–Crippen MR) is 123 cm³/mol. The van der Waals surface area contributed by atoms with E-state index in [4.69, 9.17) is 4.98 Å². The highest BCUT2D eigenvalue weighted by Crippen LogP contribution is 2.34. The van der Waals surface area contributed by atoms with Crippen LogP contribution in [0.2, 0.25) is 0 Å². The highest BCUT2D eigenvalue weighted by atomic mass is 32.1. The van der Waals surface area contributed by atoms with Crippen LogP contribution < -0.4 is 10.0 Å². The molecule has 0 saturated carbocycles. The average molecular weight is 445 g/mol. The van der Waals surface area contributed by atoms with Gasteiger partial charge in [-0.25, -0.2) is 15.0 Å². The van der Waals surface area contributed by atoms with Crippen LogP contribution in [-0.4, -0.2) is 25.4 Å². The number of rotatable bonds is 4. The molecule has 0 fully saturated rings. The normalized spacial score (nSPS) is 11.8. The zero-order valence-corrected chi connectivity index (χ0v) is 18.6. The van der Waals surface area contributed by atoms with Gasteiger partial charge in [-0.05, 0) is 31.5 Å². The van der Waals surface area contributed by atoms with Crippen LogP contribution in [0, 0.1) is 5.21 Å². The second-order valence-corrected chi connectivity index (χ2v) is 9.11. The minimum Gasteiger partial charge on any atom is -0.619 e. The molecule has 4 heterocycles. The third-order valence-electron chi connectivity index (χ3n) is 5.40. The number of pyridine rings is 2. The number of amides is 1. The molecule has 160 valence electrons. The van der Waals surface area contributed by atoms with E-state index in [-0.39, 0.29) is 5.91 Å². The molecule has 0 saturated heterocycles. The molecule has 1 amide bonds. The SMILES string of the molecule is Cn1cnc2cnc3sc(-c4cccc(C(C)(C)NC(=O)c5ccc[n+]([O-])c5)c4)nc3c21. The van der Waals surface area contributed by atoms with Crippen LogP contribution in [0.4, 0.5) is 0 Å². The zero-order chi connectivity index (χ0) is 22.5. The lowest BCUT2D eigenvalue weighted by molar-refractivity contribution is -0.605. The van der Waals surface area contributed by atoms with Gasteiger partial charge in [0.05, 0.1) is 23.6 Å². The van der Waals surface area contributed by atoms with Crippen LogP contribution in [0.5, 0.6) is 0 Å². The Bertz CT molecular complexity index is 1490. The summed E-state index contributed by atoms with van der Waals surface area (Å²) in [7, 11) is 1.95. The third kappa shape index (κ3) is 3.46. The Morgan fingerprint density at radius 3 is 2.88 bits per heavy atom. The van der Waals surface area contributed by atoms with E-state index in [0.717, 1.165) is 37.5 Å². The number of carbonyl (C=O) groups excluding carboxylic acids is 1. The van der Waals surface area contributed by atoms with Crippen LogP contribution in [-0.2, 0) is 12.6 Å². The molecule has 0 spiro atoms. The number of hydrogen-bond acceptors (Lipinski definition) is 6. The zero-order valence-electron chi connectivity index (χ0n) is 17.7. The third-order valence-corrected chi connectivity index (χ3v) is 6.41. The number of fused-ring (bicyclic) bond motifs is 3. The van der Waals surface area contributed by atoms with E-state index in [0.29, 0.717) is 10.3 Å². The van der Waals surface area contributed by atoms with E-state index in [1.54, 1.807) is 24.7 Å². The van der Waals surface area contributed by atoms with Gasteiger partial charge in [0.15, 0.2) is 12.4 Å². The molecule has 32 heavy (non-hydrogen) atoms. The van der Waals surface area contributed by atoms with Gasteiger partial charge >= 0.3 is 0 Å². The molecule has 9 heteroatoms. The van der Waals surface area contributed by atoms with Crippen molar-refractivity contribution in [1.29, 1.82) is 0 Å². The molecule has 1 N–H and O–H groups in total. The van der Waals surface area contributed by atoms with Gasteiger partial charge in [-0.3, -0.25) is 4.79 Å². The Balaban J connectivity index is 1.49. The highest BCUT2D eigenvalue weighted by Gasteiger charge is 2.25. The number of hydrogen-bond donors (Lipinski definition) is 1. The van der Waals surface area contributed by atoms with Crippen molar-refractivity contribution in [3.8, 4) is 10.6 Å². The van der Waals surface area contributed by atoms with Crippen molar-refractivity contribution >= 4 is 38.6 Å². The summed E-state index contributed by atoms with van der Waals surface area (Å²) in [4.78, 5) is 27.3. The predicted octanol–water partition coefficient (Wildman–Crippen LogP) is 3.54. The van der Waals surface area contributed by atoms with E-state index >= 15 is 0 Å². The topological polar surface area (TPSA) is 99.6 Å². The first-order chi connectivity index (χ1) is 15.3. The van der Waals surface area contributed by atoms with Crippen molar-refractivity contribution in [2.45, 2.75) is 19.4 Å². The minimum absolute atomic E-state index is 0.309. The number of imidazole rings is 1. The quantitative estimate of drug-likeness (QED) is 0.338. The Labute approximate surface area is 187 Å². The van der Waals surface area contributed by atoms with Gasteiger partial charge in [0.2, 0.25) is 0 Å². The number of aryl methyl sites for hydroxylation is 1. The summed E-state index contributed by atoms with van der Waals surface area (Å²) in [5.41, 5.74) is 4.11. The molecule has 5 aromatic rings. The standard InChI is InChI=1S/C23H20N6O2S/c1-23(2,27-20(30)15-7-5-9-29(31)12-15)16-8-4-6-14(10-16)21-26-18-19-17(25-13-28(19)3)11-24-22(18)32-21/h4-13H,1-3H3,(H,27,30).